The molecule has 0 unspecified atom stereocenters. The predicted molar refractivity (Wildman–Crippen MR) is 79.0 cm³/mol. The van der Waals surface area contributed by atoms with Crippen LogP contribution < -0.4 is 10.0 Å². The molecule has 0 spiro atoms. The van der Waals surface area contributed by atoms with Crippen LogP contribution in [0.1, 0.15) is 38.2 Å². The van der Waals surface area contributed by atoms with Crippen LogP contribution in [0.4, 0.5) is 5.69 Å². The van der Waals surface area contributed by atoms with Crippen molar-refractivity contribution in [1.29, 1.82) is 0 Å². The monoisotopic (exact) mass is 282 g/mol. The zero-order valence-electron chi connectivity index (χ0n) is 11.5. The van der Waals surface area contributed by atoms with Gasteiger partial charge in [0.1, 0.15) is 0 Å². The molecule has 2 N–H and O–H groups in total. The first-order valence-electron chi connectivity index (χ1n) is 6.82. The Bertz CT molecular complexity index is 520. The first-order valence-corrected chi connectivity index (χ1v) is 8.36. The van der Waals surface area contributed by atoms with Crippen LogP contribution >= 0.6 is 0 Å². The fourth-order valence-corrected chi connectivity index (χ4v) is 3.95. The van der Waals surface area contributed by atoms with Crippen LogP contribution in [0.25, 0.3) is 0 Å². The SMILES string of the molecule is CC(C)c1ccccc1NS(=O)(=O)C1CCNCC1. The Balaban J connectivity index is 2.20. The second kappa shape index (κ2) is 5.92. The van der Waals surface area contributed by atoms with Crippen LogP contribution in [0, 0.1) is 0 Å². The molecule has 1 fully saturated rings. The van der Waals surface area contributed by atoms with E-state index in [1.54, 1.807) is 0 Å². The van der Waals surface area contributed by atoms with Crippen LogP contribution in [0.15, 0.2) is 24.3 Å². The van der Waals surface area contributed by atoms with Crippen molar-refractivity contribution in [3.8, 4) is 0 Å². The van der Waals surface area contributed by atoms with E-state index < -0.39 is 10.0 Å². The lowest BCUT2D eigenvalue weighted by molar-refractivity contribution is 0.499. The molecule has 0 atom stereocenters. The Labute approximate surface area is 115 Å². The average molecular weight is 282 g/mol. The summed E-state index contributed by atoms with van der Waals surface area (Å²) in [4.78, 5) is 0. The fourth-order valence-electron chi connectivity index (χ4n) is 2.44. The minimum Gasteiger partial charge on any atom is -0.317 e. The number of para-hydroxylation sites is 1. The number of anilines is 1. The molecule has 5 heteroatoms. The molecule has 4 nitrogen and oxygen atoms in total. The summed E-state index contributed by atoms with van der Waals surface area (Å²) in [5.74, 6) is 0.298. The molecule has 2 rings (SSSR count). The lowest BCUT2D eigenvalue weighted by atomic mass is 10.0. The van der Waals surface area contributed by atoms with E-state index in [0.717, 1.165) is 24.3 Å². The second-order valence-corrected chi connectivity index (χ2v) is 7.30. The normalized spacial score (nSPS) is 17.6. The van der Waals surface area contributed by atoms with Gasteiger partial charge in [0.25, 0.3) is 0 Å². The third-order valence-corrected chi connectivity index (χ3v) is 5.41. The summed E-state index contributed by atoms with van der Waals surface area (Å²) in [6, 6.07) is 7.63. The number of nitrogens with one attached hydrogen (secondary N) is 2. The highest BCUT2D eigenvalue weighted by atomic mass is 32.2. The number of hydrogen-bond donors (Lipinski definition) is 2. The van der Waals surface area contributed by atoms with Gasteiger partial charge in [-0.25, -0.2) is 8.42 Å². The summed E-state index contributed by atoms with van der Waals surface area (Å²) >= 11 is 0. The van der Waals surface area contributed by atoms with Crippen molar-refractivity contribution in [3.05, 3.63) is 29.8 Å². The molecule has 0 bridgehead atoms. The molecular formula is C14H22N2O2S. The summed E-state index contributed by atoms with van der Waals surface area (Å²) in [7, 11) is -3.28. The largest absolute Gasteiger partial charge is 0.317 e. The van der Waals surface area contributed by atoms with Crippen molar-refractivity contribution >= 4 is 15.7 Å². The highest BCUT2D eigenvalue weighted by Gasteiger charge is 2.27. The van der Waals surface area contributed by atoms with Crippen molar-refractivity contribution in [2.75, 3.05) is 17.8 Å². The second-order valence-electron chi connectivity index (χ2n) is 5.34. The number of sulfonamides is 1. The maximum absolute atomic E-state index is 12.4. The number of hydrogen-bond acceptors (Lipinski definition) is 3. The Morgan fingerprint density at radius 1 is 1.21 bits per heavy atom. The molecule has 1 aromatic carbocycles. The van der Waals surface area contributed by atoms with E-state index >= 15 is 0 Å². The molecule has 0 amide bonds. The molecule has 0 aromatic heterocycles. The van der Waals surface area contributed by atoms with Crippen molar-refractivity contribution in [2.45, 2.75) is 37.9 Å². The molecule has 19 heavy (non-hydrogen) atoms. The summed E-state index contributed by atoms with van der Waals surface area (Å²) < 4.78 is 27.6. The van der Waals surface area contributed by atoms with E-state index in [9.17, 15) is 8.42 Å². The molecule has 1 aromatic rings. The fraction of sp³-hybridized carbons (Fsp3) is 0.571. The quantitative estimate of drug-likeness (QED) is 0.891. The van der Waals surface area contributed by atoms with E-state index in [-0.39, 0.29) is 5.25 Å². The van der Waals surface area contributed by atoms with Crippen molar-refractivity contribution < 1.29 is 8.42 Å². The highest BCUT2D eigenvalue weighted by molar-refractivity contribution is 7.93. The van der Waals surface area contributed by atoms with E-state index in [1.165, 1.54) is 0 Å². The molecule has 1 aliphatic heterocycles. The molecule has 1 aliphatic rings. The maximum Gasteiger partial charge on any atom is 0.235 e. The van der Waals surface area contributed by atoms with Gasteiger partial charge in [-0.05, 0) is 43.5 Å². The van der Waals surface area contributed by atoms with Crippen molar-refractivity contribution in [3.63, 3.8) is 0 Å². The van der Waals surface area contributed by atoms with Crippen molar-refractivity contribution in [2.24, 2.45) is 0 Å². The third kappa shape index (κ3) is 3.48. The standard InChI is InChI=1S/C14H22N2O2S/c1-11(2)13-5-3-4-6-14(13)16-19(17,18)12-7-9-15-10-8-12/h3-6,11-12,15-16H,7-10H2,1-2H3. The summed E-state index contributed by atoms with van der Waals surface area (Å²) in [5.41, 5.74) is 1.76. The number of benzene rings is 1. The van der Waals surface area contributed by atoms with Gasteiger partial charge in [-0.3, -0.25) is 4.72 Å². The lowest BCUT2D eigenvalue weighted by Gasteiger charge is -2.24. The summed E-state index contributed by atoms with van der Waals surface area (Å²) in [6.45, 7) is 5.68. The van der Waals surface area contributed by atoms with Crippen LogP contribution in [0.2, 0.25) is 0 Å². The first-order chi connectivity index (χ1) is 9.00. The molecule has 1 saturated heterocycles. The summed E-state index contributed by atoms with van der Waals surface area (Å²) in [6.07, 6.45) is 1.36. The van der Waals surface area contributed by atoms with Gasteiger partial charge in [0, 0.05) is 0 Å². The van der Waals surface area contributed by atoms with Crippen LogP contribution in [0.3, 0.4) is 0 Å². The van der Waals surface area contributed by atoms with Gasteiger partial charge in [-0.15, -0.1) is 0 Å². The Kier molecular flexibility index (Phi) is 4.47. The van der Waals surface area contributed by atoms with E-state index in [1.807, 2.05) is 24.3 Å². The van der Waals surface area contributed by atoms with E-state index in [0.29, 0.717) is 18.8 Å². The van der Waals surface area contributed by atoms with Gasteiger partial charge in [-0.1, -0.05) is 32.0 Å². The Morgan fingerprint density at radius 2 is 1.84 bits per heavy atom. The van der Waals surface area contributed by atoms with Gasteiger partial charge in [-0.2, -0.15) is 0 Å². The predicted octanol–water partition coefficient (Wildman–Crippen LogP) is 2.30. The minimum atomic E-state index is -3.28. The Hall–Kier alpha value is -1.07. The van der Waals surface area contributed by atoms with Crippen molar-refractivity contribution in [1.82, 2.24) is 5.32 Å². The lowest BCUT2D eigenvalue weighted by Crippen LogP contribution is -2.38. The summed E-state index contributed by atoms with van der Waals surface area (Å²) in [5, 5.41) is 2.90. The molecule has 0 aliphatic carbocycles. The zero-order valence-corrected chi connectivity index (χ0v) is 12.3. The van der Waals surface area contributed by atoms with Gasteiger partial charge >= 0.3 is 0 Å². The van der Waals surface area contributed by atoms with E-state index in [4.69, 9.17) is 0 Å². The molecule has 1 heterocycles. The first kappa shape index (κ1) is 14.3. The van der Waals surface area contributed by atoms with Crippen LogP contribution in [0.5, 0.6) is 0 Å². The minimum absolute atomic E-state index is 0.283. The smallest absolute Gasteiger partial charge is 0.235 e. The maximum atomic E-state index is 12.4. The van der Waals surface area contributed by atoms with Gasteiger partial charge in [0.05, 0.1) is 10.9 Å². The van der Waals surface area contributed by atoms with E-state index in [2.05, 4.69) is 23.9 Å². The van der Waals surface area contributed by atoms with Crippen LogP contribution in [-0.2, 0) is 10.0 Å². The molecule has 0 radical (unpaired) electrons. The highest BCUT2D eigenvalue weighted by Crippen LogP contribution is 2.26. The molecule has 0 saturated carbocycles. The van der Waals surface area contributed by atoms with Gasteiger partial charge in [0.2, 0.25) is 10.0 Å². The number of rotatable bonds is 4. The average Bonchev–Trinajstić information content (AvgIpc) is 2.39. The number of piperidine rings is 1. The molecule has 106 valence electrons. The van der Waals surface area contributed by atoms with Crippen LogP contribution in [-0.4, -0.2) is 26.8 Å². The van der Waals surface area contributed by atoms with Gasteiger partial charge in [0.15, 0.2) is 0 Å². The third-order valence-electron chi connectivity index (χ3n) is 3.56. The topological polar surface area (TPSA) is 58.2 Å². The Morgan fingerprint density at radius 3 is 2.47 bits per heavy atom. The van der Waals surface area contributed by atoms with Gasteiger partial charge < -0.3 is 5.32 Å². The molecular weight excluding hydrogens is 260 g/mol. The zero-order chi connectivity index (χ0) is 13.9.